The predicted molar refractivity (Wildman–Crippen MR) is 83.0 cm³/mol. The summed E-state index contributed by atoms with van der Waals surface area (Å²) in [6.45, 7) is 10.7. The fraction of sp³-hybridized carbons (Fsp3) is 0.647. The van der Waals surface area contributed by atoms with Gasteiger partial charge in [-0.05, 0) is 23.1 Å². The molecular weight excluding hydrogens is 291 g/mol. The van der Waals surface area contributed by atoms with Gasteiger partial charge in [0.25, 0.3) is 0 Å². The van der Waals surface area contributed by atoms with E-state index in [1.165, 1.54) is 6.07 Å². The lowest BCUT2D eigenvalue weighted by Gasteiger charge is -2.28. The summed E-state index contributed by atoms with van der Waals surface area (Å²) in [6.07, 6.45) is -4.30. The van der Waals surface area contributed by atoms with E-state index in [0.29, 0.717) is 38.4 Å². The largest absolute Gasteiger partial charge is 0.416 e. The molecule has 1 aliphatic heterocycles. The van der Waals surface area contributed by atoms with Crippen LogP contribution in [0.15, 0.2) is 18.2 Å². The van der Waals surface area contributed by atoms with Crippen LogP contribution in [0.1, 0.15) is 50.3 Å². The van der Waals surface area contributed by atoms with E-state index < -0.39 is 11.7 Å². The minimum Gasteiger partial charge on any atom is -0.379 e. The summed E-state index contributed by atoms with van der Waals surface area (Å²) in [5.74, 6) is 0.0912. The number of nitrogens with zero attached hydrogens (tertiary/aromatic N) is 1. The highest BCUT2D eigenvalue weighted by Gasteiger charge is 2.34. The van der Waals surface area contributed by atoms with E-state index in [2.05, 4.69) is 0 Å². The Morgan fingerprint density at radius 2 is 1.73 bits per heavy atom. The predicted octanol–water partition coefficient (Wildman–Crippen LogP) is 4.69. The summed E-state index contributed by atoms with van der Waals surface area (Å²) in [6, 6.07) is 4.71. The average Bonchev–Trinajstić information content (AvgIpc) is 2.49. The SMILES string of the molecule is CC.CC(C)c1ccc(CN2CCOCC2)c(C(F)(F)F)c1. The van der Waals surface area contributed by atoms with Crippen LogP contribution in [0.25, 0.3) is 0 Å². The Bertz CT molecular complexity index is 452. The summed E-state index contributed by atoms with van der Waals surface area (Å²) in [5, 5.41) is 0. The minimum absolute atomic E-state index is 0.0912. The molecule has 22 heavy (non-hydrogen) atoms. The molecule has 126 valence electrons. The van der Waals surface area contributed by atoms with E-state index in [4.69, 9.17) is 4.74 Å². The maximum atomic E-state index is 13.2. The molecule has 0 saturated carbocycles. The van der Waals surface area contributed by atoms with Gasteiger partial charge in [0.05, 0.1) is 18.8 Å². The zero-order valence-corrected chi connectivity index (χ0v) is 13.8. The zero-order valence-electron chi connectivity index (χ0n) is 13.8. The number of benzene rings is 1. The van der Waals surface area contributed by atoms with Crippen LogP contribution < -0.4 is 0 Å². The number of hydrogen-bond donors (Lipinski definition) is 0. The van der Waals surface area contributed by atoms with Crippen LogP contribution in [0.3, 0.4) is 0 Å². The quantitative estimate of drug-likeness (QED) is 0.802. The smallest absolute Gasteiger partial charge is 0.379 e. The first-order valence-corrected chi connectivity index (χ1v) is 7.88. The number of ether oxygens (including phenoxy) is 1. The Kier molecular flexibility index (Phi) is 7.36. The van der Waals surface area contributed by atoms with Gasteiger partial charge in [0.1, 0.15) is 0 Å². The van der Waals surface area contributed by atoms with E-state index in [1.54, 1.807) is 12.1 Å². The first-order chi connectivity index (χ1) is 10.4. The molecule has 0 atom stereocenters. The van der Waals surface area contributed by atoms with Gasteiger partial charge in [0, 0.05) is 19.6 Å². The molecule has 0 unspecified atom stereocenters. The third-order valence-corrected chi connectivity index (χ3v) is 3.60. The third-order valence-electron chi connectivity index (χ3n) is 3.60. The van der Waals surface area contributed by atoms with Crippen molar-refractivity contribution < 1.29 is 17.9 Å². The lowest BCUT2D eigenvalue weighted by molar-refractivity contribution is -0.138. The van der Waals surface area contributed by atoms with Gasteiger partial charge in [-0.1, -0.05) is 39.8 Å². The lowest BCUT2D eigenvalue weighted by atomic mass is 9.96. The maximum absolute atomic E-state index is 13.2. The minimum atomic E-state index is -4.30. The van der Waals surface area contributed by atoms with Crippen LogP contribution in [0.4, 0.5) is 13.2 Å². The van der Waals surface area contributed by atoms with Crippen molar-refractivity contribution in [2.45, 2.75) is 46.3 Å². The van der Waals surface area contributed by atoms with Crippen molar-refractivity contribution in [1.29, 1.82) is 0 Å². The van der Waals surface area contributed by atoms with Crippen molar-refractivity contribution >= 4 is 0 Å². The molecule has 1 heterocycles. The standard InChI is InChI=1S/C15H20F3NO.C2H6/c1-11(2)12-3-4-13(14(9-12)15(16,17)18)10-19-5-7-20-8-6-19;1-2/h3-4,9,11H,5-8,10H2,1-2H3;1-2H3. The average molecular weight is 317 g/mol. The van der Waals surface area contributed by atoms with E-state index >= 15 is 0 Å². The van der Waals surface area contributed by atoms with Gasteiger partial charge < -0.3 is 4.74 Å². The molecule has 0 amide bonds. The molecule has 0 bridgehead atoms. The van der Waals surface area contributed by atoms with Crippen molar-refractivity contribution in [3.63, 3.8) is 0 Å². The Balaban J connectivity index is 0.00000116. The highest BCUT2D eigenvalue weighted by Crippen LogP contribution is 2.34. The molecule has 1 fully saturated rings. The molecule has 2 nitrogen and oxygen atoms in total. The highest BCUT2D eigenvalue weighted by atomic mass is 19.4. The van der Waals surface area contributed by atoms with Gasteiger partial charge in [-0.3, -0.25) is 4.90 Å². The van der Waals surface area contributed by atoms with Gasteiger partial charge in [-0.25, -0.2) is 0 Å². The number of hydrogen-bond acceptors (Lipinski definition) is 2. The molecule has 0 aromatic heterocycles. The molecular formula is C17H26F3NO. The molecule has 1 saturated heterocycles. The molecule has 5 heteroatoms. The number of halogens is 3. The number of alkyl halides is 3. The van der Waals surface area contributed by atoms with Crippen molar-refractivity contribution in [1.82, 2.24) is 4.90 Å². The van der Waals surface area contributed by atoms with Crippen molar-refractivity contribution in [3.05, 3.63) is 34.9 Å². The molecule has 2 rings (SSSR count). The van der Waals surface area contributed by atoms with Gasteiger partial charge in [0.15, 0.2) is 0 Å². The summed E-state index contributed by atoms with van der Waals surface area (Å²) in [4.78, 5) is 2.00. The summed E-state index contributed by atoms with van der Waals surface area (Å²) >= 11 is 0. The Labute approximate surface area is 131 Å². The lowest BCUT2D eigenvalue weighted by Crippen LogP contribution is -2.36. The number of morpholine rings is 1. The van der Waals surface area contributed by atoms with Gasteiger partial charge in [-0.2, -0.15) is 13.2 Å². The van der Waals surface area contributed by atoms with Crippen LogP contribution in [0.2, 0.25) is 0 Å². The van der Waals surface area contributed by atoms with Gasteiger partial charge in [-0.15, -0.1) is 0 Å². The molecule has 0 N–H and O–H groups in total. The first-order valence-electron chi connectivity index (χ1n) is 7.88. The van der Waals surface area contributed by atoms with Crippen LogP contribution in [-0.2, 0) is 17.5 Å². The van der Waals surface area contributed by atoms with E-state index in [0.717, 1.165) is 5.56 Å². The summed E-state index contributed by atoms with van der Waals surface area (Å²) < 4.78 is 44.8. The third kappa shape index (κ3) is 5.29. The second-order valence-electron chi connectivity index (χ2n) is 5.46. The normalized spacial score (nSPS) is 16.4. The second kappa shape index (κ2) is 8.53. The van der Waals surface area contributed by atoms with E-state index in [-0.39, 0.29) is 5.92 Å². The zero-order chi connectivity index (χ0) is 16.8. The fourth-order valence-electron chi connectivity index (χ4n) is 2.36. The monoisotopic (exact) mass is 317 g/mol. The molecule has 0 radical (unpaired) electrons. The molecule has 1 aromatic carbocycles. The summed E-state index contributed by atoms with van der Waals surface area (Å²) in [7, 11) is 0. The van der Waals surface area contributed by atoms with Crippen molar-refractivity contribution in [2.75, 3.05) is 26.3 Å². The Morgan fingerprint density at radius 1 is 1.14 bits per heavy atom. The second-order valence-corrected chi connectivity index (χ2v) is 5.46. The van der Waals surface area contributed by atoms with E-state index in [1.807, 2.05) is 32.6 Å². The summed E-state index contributed by atoms with van der Waals surface area (Å²) in [5.41, 5.74) is 0.571. The molecule has 0 aliphatic carbocycles. The van der Waals surface area contributed by atoms with Gasteiger partial charge >= 0.3 is 6.18 Å². The number of rotatable bonds is 3. The van der Waals surface area contributed by atoms with Gasteiger partial charge in [0.2, 0.25) is 0 Å². The van der Waals surface area contributed by atoms with Crippen LogP contribution in [-0.4, -0.2) is 31.2 Å². The Morgan fingerprint density at radius 3 is 2.23 bits per heavy atom. The van der Waals surface area contributed by atoms with E-state index in [9.17, 15) is 13.2 Å². The molecule has 1 aromatic rings. The molecule has 1 aliphatic rings. The molecule has 0 spiro atoms. The van der Waals surface area contributed by atoms with Crippen molar-refractivity contribution in [3.8, 4) is 0 Å². The fourth-order valence-corrected chi connectivity index (χ4v) is 2.36. The first kappa shape index (κ1) is 19.0. The van der Waals surface area contributed by atoms with Crippen LogP contribution in [0.5, 0.6) is 0 Å². The topological polar surface area (TPSA) is 12.5 Å². The highest BCUT2D eigenvalue weighted by molar-refractivity contribution is 5.35. The van der Waals surface area contributed by atoms with Crippen molar-refractivity contribution in [2.24, 2.45) is 0 Å². The van der Waals surface area contributed by atoms with Crippen LogP contribution >= 0.6 is 0 Å². The van der Waals surface area contributed by atoms with Crippen LogP contribution in [0, 0.1) is 0 Å². The Hall–Kier alpha value is -1.07. The maximum Gasteiger partial charge on any atom is 0.416 e.